The molecule has 118 valence electrons. The number of carbonyl (C=O) groups excluding carboxylic acids is 1. The lowest BCUT2D eigenvalue weighted by atomic mass is 9.94. The van der Waals surface area contributed by atoms with Crippen LogP contribution in [0.15, 0.2) is 30.3 Å². The van der Waals surface area contributed by atoms with Crippen LogP contribution in [0.25, 0.3) is 0 Å². The molecule has 0 saturated carbocycles. The molecule has 0 aliphatic carbocycles. The molecule has 4 nitrogen and oxygen atoms in total. The van der Waals surface area contributed by atoms with Gasteiger partial charge >= 0.3 is 0 Å². The highest BCUT2D eigenvalue weighted by Gasteiger charge is 2.17. The molecule has 2 rings (SSSR count). The Labute approximate surface area is 132 Å². The van der Waals surface area contributed by atoms with Crippen LogP contribution in [0.3, 0.4) is 0 Å². The quantitative estimate of drug-likeness (QED) is 0.746. The molecule has 0 spiro atoms. The summed E-state index contributed by atoms with van der Waals surface area (Å²) in [5.41, 5.74) is 1.09. The lowest BCUT2D eigenvalue weighted by Crippen LogP contribution is -2.36. The number of hydrogen-bond acceptors (Lipinski definition) is 3. The molecule has 0 bridgehead atoms. The minimum absolute atomic E-state index is 0. The minimum atomic E-state index is -0.519. The highest BCUT2D eigenvalue weighted by molar-refractivity contribution is 5.85. The molecule has 1 atom stereocenters. The van der Waals surface area contributed by atoms with Gasteiger partial charge in [0.1, 0.15) is 0 Å². The highest BCUT2D eigenvalue weighted by atomic mass is 35.5. The molecule has 1 fully saturated rings. The van der Waals surface area contributed by atoms with Gasteiger partial charge in [0, 0.05) is 19.4 Å². The molecule has 5 heteroatoms. The maximum absolute atomic E-state index is 11.8. The third-order valence-electron chi connectivity index (χ3n) is 3.78. The first-order chi connectivity index (χ1) is 9.74. The fourth-order valence-electron chi connectivity index (χ4n) is 2.61. The van der Waals surface area contributed by atoms with E-state index < -0.39 is 6.10 Å². The van der Waals surface area contributed by atoms with Gasteiger partial charge in [-0.2, -0.15) is 0 Å². The molecule has 1 amide bonds. The molecule has 21 heavy (non-hydrogen) atoms. The summed E-state index contributed by atoms with van der Waals surface area (Å²) < 4.78 is 0. The number of hydrogen-bond donors (Lipinski definition) is 3. The maximum Gasteiger partial charge on any atom is 0.220 e. The predicted octanol–water partition coefficient (Wildman–Crippen LogP) is 1.52. The van der Waals surface area contributed by atoms with E-state index in [-0.39, 0.29) is 18.3 Å². The van der Waals surface area contributed by atoms with Gasteiger partial charge in [-0.25, -0.2) is 0 Å². The molecule has 1 aliphatic heterocycles. The van der Waals surface area contributed by atoms with Crippen LogP contribution >= 0.6 is 12.4 Å². The topological polar surface area (TPSA) is 61.4 Å². The number of aliphatic hydroxyl groups excluding tert-OH is 1. The van der Waals surface area contributed by atoms with Gasteiger partial charge in [0.2, 0.25) is 5.91 Å². The van der Waals surface area contributed by atoms with Crippen LogP contribution in [0.4, 0.5) is 0 Å². The molecular weight excluding hydrogens is 288 g/mol. The number of carbonyl (C=O) groups is 1. The molecule has 3 N–H and O–H groups in total. The zero-order valence-electron chi connectivity index (χ0n) is 12.3. The van der Waals surface area contributed by atoms with Crippen molar-refractivity contribution in [1.82, 2.24) is 10.6 Å². The second-order valence-corrected chi connectivity index (χ2v) is 5.55. The number of nitrogens with one attached hydrogen (secondary N) is 2. The second kappa shape index (κ2) is 9.77. The van der Waals surface area contributed by atoms with E-state index in [4.69, 9.17) is 0 Å². The van der Waals surface area contributed by atoms with Crippen LogP contribution in [-0.2, 0) is 11.2 Å². The van der Waals surface area contributed by atoms with Crippen molar-refractivity contribution in [3.63, 3.8) is 0 Å². The first-order valence-corrected chi connectivity index (χ1v) is 7.43. The summed E-state index contributed by atoms with van der Waals surface area (Å²) in [6, 6.07) is 9.84. The number of halogens is 1. The van der Waals surface area contributed by atoms with Crippen LogP contribution in [0.5, 0.6) is 0 Å². The van der Waals surface area contributed by atoms with Crippen molar-refractivity contribution in [3.8, 4) is 0 Å². The number of amides is 1. The van der Waals surface area contributed by atoms with E-state index in [1.165, 1.54) is 0 Å². The van der Waals surface area contributed by atoms with E-state index in [1.54, 1.807) is 0 Å². The molecule has 1 saturated heterocycles. The van der Waals surface area contributed by atoms with Crippen molar-refractivity contribution in [2.45, 2.75) is 31.8 Å². The van der Waals surface area contributed by atoms with Gasteiger partial charge in [-0.05, 0) is 37.4 Å². The first kappa shape index (κ1) is 18.0. The summed E-state index contributed by atoms with van der Waals surface area (Å²) in [4.78, 5) is 11.8. The van der Waals surface area contributed by atoms with Crippen molar-refractivity contribution in [1.29, 1.82) is 0 Å². The molecule has 1 aliphatic rings. The van der Waals surface area contributed by atoms with Crippen molar-refractivity contribution in [2.75, 3.05) is 19.6 Å². The van der Waals surface area contributed by atoms with Gasteiger partial charge in [-0.1, -0.05) is 30.3 Å². The van der Waals surface area contributed by atoms with E-state index in [0.717, 1.165) is 31.5 Å². The molecule has 1 aromatic carbocycles. The normalized spacial score (nSPS) is 16.8. The van der Waals surface area contributed by atoms with Crippen LogP contribution in [0, 0.1) is 5.92 Å². The lowest BCUT2D eigenvalue weighted by molar-refractivity contribution is -0.122. The number of benzene rings is 1. The molecular formula is C16H25ClN2O2. The monoisotopic (exact) mass is 312 g/mol. The molecule has 1 heterocycles. The lowest BCUT2D eigenvalue weighted by Gasteiger charge is -2.22. The average Bonchev–Trinajstić information content (AvgIpc) is 2.47. The molecule has 0 aromatic heterocycles. The van der Waals surface area contributed by atoms with E-state index >= 15 is 0 Å². The summed E-state index contributed by atoms with van der Waals surface area (Å²) in [7, 11) is 0. The number of rotatable bonds is 6. The maximum atomic E-state index is 11.8. The minimum Gasteiger partial charge on any atom is -0.391 e. The first-order valence-electron chi connectivity index (χ1n) is 7.43. The van der Waals surface area contributed by atoms with E-state index in [2.05, 4.69) is 10.6 Å². The zero-order valence-corrected chi connectivity index (χ0v) is 13.1. The summed E-state index contributed by atoms with van der Waals surface area (Å²) in [5, 5.41) is 16.1. The Kier molecular flexibility index (Phi) is 8.35. The summed E-state index contributed by atoms with van der Waals surface area (Å²) in [6.45, 7) is 2.35. The van der Waals surface area contributed by atoms with E-state index in [0.29, 0.717) is 25.3 Å². The van der Waals surface area contributed by atoms with Crippen LogP contribution in [-0.4, -0.2) is 36.8 Å². The van der Waals surface area contributed by atoms with Crippen LogP contribution in [0.1, 0.15) is 24.8 Å². The smallest absolute Gasteiger partial charge is 0.220 e. The Hall–Kier alpha value is -1.10. The Morgan fingerprint density at radius 1 is 1.29 bits per heavy atom. The van der Waals surface area contributed by atoms with Crippen molar-refractivity contribution >= 4 is 18.3 Å². The molecule has 1 aromatic rings. The average molecular weight is 313 g/mol. The standard InChI is InChI=1S/C16H24N2O2.ClH/c19-15(10-13-4-2-1-3-5-13)12-18-16(20)11-14-6-8-17-9-7-14;/h1-5,14-15,17,19H,6-12H2,(H,18,20);1H. The molecule has 0 radical (unpaired) electrons. The van der Waals surface area contributed by atoms with Gasteiger partial charge in [0.05, 0.1) is 6.10 Å². The number of aliphatic hydroxyl groups is 1. The van der Waals surface area contributed by atoms with Gasteiger partial charge in [-0.3, -0.25) is 4.79 Å². The third-order valence-corrected chi connectivity index (χ3v) is 3.78. The largest absolute Gasteiger partial charge is 0.391 e. The zero-order chi connectivity index (χ0) is 14.2. The SMILES string of the molecule is Cl.O=C(CC1CCNCC1)NCC(O)Cc1ccccc1. The van der Waals surface area contributed by atoms with Crippen molar-refractivity contribution in [3.05, 3.63) is 35.9 Å². The summed E-state index contributed by atoms with van der Waals surface area (Å²) in [5.74, 6) is 0.548. The number of piperidine rings is 1. The summed E-state index contributed by atoms with van der Waals surface area (Å²) in [6.07, 6.45) is 2.78. The van der Waals surface area contributed by atoms with Crippen LogP contribution in [0.2, 0.25) is 0 Å². The third kappa shape index (κ3) is 6.93. The fourth-order valence-corrected chi connectivity index (χ4v) is 2.61. The fraction of sp³-hybridized carbons (Fsp3) is 0.562. The molecule has 1 unspecified atom stereocenters. The van der Waals surface area contributed by atoms with Crippen LogP contribution < -0.4 is 10.6 Å². The van der Waals surface area contributed by atoms with E-state index in [1.807, 2.05) is 30.3 Å². The van der Waals surface area contributed by atoms with Crippen molar-refractivity contribution < 1.29 is 9.90 Å². The van der Waals surface area contributed by atoms with Gasteiger partial charge in [-0.15, -0.1) is 12.4 Å². The Balaban J connectivity index is 0.00000220. The highest BCUT2D eigenvalue weighted by Crippen LogP contribution is 2.15. The van der Waals surface area contributed by atoms with Gasteiger partial charge < -0.3 is 15.7 Å². The Morgan fingerprint density at radius 3 is 2.62 bits per heavy atom. The van der Waals surface area contributed by atoms with E-state index in [9.17, 15) is 9.90 Å². The van der Waals surface area contributed by atoms with Crippen molar-refractivity contribution in [2.24, 2.45) is 5.92 Å². The van der Waals surface area contributed by atoms with Gasteiger partial charge in [0.15, 0.2) is 0 Å². The Morgan fingerprint density at radius 2 is 1.95 bits per heavy atom. The Bertz CT molecular complexity index is 408. The summed E-state index contributed by atoms with van der Waals surface area (Å²) >= 11 is 0. The van der Waals surface area contributed by atoms with Gasteiger partial charge in [0.25, 0.3) is 0 Å². The predicted molar refractivity (Wildman–Crippen MR) is 86.6 cm³/mol. The second-order valence-electron chi connectivity index (χ2n) is 5.55.